The molecule has 3 N–H and O–H groups in total. The smallest absolute Gasteiger partial charge is 0.249 e. The van der Waals surface area contributed by atoms with Crippen LogP contribution >= 0.6 is 0 Å². The fourth-order valence-corrected chi connectivity index (χ4v) is 4.14. The minimum atomic E-state index is -0.468. The fraction of sp³-hybridized carbons (Fsp3) is 0.115. The molecule has 0 aliphatic rings. The largest absolute Gasteiger partial charge is 0.494 e. The van der Waals surface area contributed by atoms with E-state index in [0.29, 0.717) is 35.1 Å². The van der Waals surface area contributed by atoms with E-state index in [-0.39, 0.29) is 0 Å². The number of benzene rings is 3. The molecule has 0 bridgehead atoms. The van der Waals surface area contributed by atoms with E-state index in [2.05, 4.69) is 17.4 Å². The van der Waals surface area contributed by atoms with E-state index in [1.54, 1.807) is 13.2 Å². The molecule has 33 heavy (non-hydrogen) atoms. The van der Waals surface area contributed by atoms with E-state index in [9.17, 15) is 4.79 Å². The molecule has 5 aromatic rings. The lowest BCUT2D eigenvalue weighted by atomic mass is 10.1. The highest BCUT2D eigenvalue weighted by Gasteiger charge is 2.18. The van der Waals surface area contributed by atoms with E-state index in [1.165, 1.54) is 0 Å². The molecule has 5 rings (SSSR count). The molecule has 0 fully saturated rings. The van der Waals surface area contributed by atoms with Crippen LogP contribution in [0.1, 0.15) is 21.6 Å². The van der Waals surface area contributed by atoms with E-state index in [4.69, 9.17) is 20.4 Å². The zero-order valence-corrected chi connectivity index (χ0v) is 18.4. The van der Waals surface area contributed by atoms with Crippen molar-refractivity contribution in [2.75, 3.05) is 12.4 Å². The minimum absolute atomic E-state index is 0.468. The summed E-state index contributed by atoms with van der Waals surface area (Å²) in [5, 5.41) is 5.09. The molecule has 0 atom stereocenters. The number of hydrogen-bond donors (Lipinski definition) is 2. The molecule has 3 aromatic carbocycles. The second-order valence-corrected chi connectivity index (χ2v) is 7.79. The maximum absolute atomic E-state index is 12.0. The third-order valence-corrected chi connectivity index (χ3v) is 5.70. The number of amides is 1. The topological polar surface area (TPSA) is 95.1 Å². The number of nitrogens with zero attached hydrogens (tertiary/aromatic N) is 3. The van der Waals surface area contributed by atoms with Crippen molar-refractivity contribution in [2.24, 2.45) is 5.73 Å². The number of carbonyl (C=O) groups is 1. The number of ether oxygens (including phenoxy) is 1. The lowest BCUT2D eigenvalue weighted by Crippen LogP contribution is -2.11. The lowest BCUT2D eigenvalue weighted by Gasteiger charge is -2.14. The van der Waals surface area contributed by atoms with Crippen molar-refractivity contribution in [1.82, 2.24) is 14.5 Å². The first-order valence-corrected chi connectivity index (χ1v) is 10.6. The van der Waals surface area contributed by atoms with Gasteiger partial charge in [0.2, 0.25) is 11.9 Å². The molecule has 2 heterocycles. The van der Waals surface area contributed by atoms with Gasteiger partial charge in [0, 0.05) is 28.6 Å². The molecule has 0 saturated heterocycles. The van der Waals surface area contributed by atoms with Crippen molar-refractivity contribution in [2.45, 2.75) is 13.5 Å². The average molecular weight is 438 g/mol. The third-order valence-electron chi connectivity index (χ3n) is 5.70. The molecular formula is C26H23N5O2. The number of para-hydroxylation sites is 1. The second-order valence-electron chi connectivity index (χ2n) is 7.79. The number of methoxy groups -OCH3 is 1. The molecule has 2 aromatic heterocycles. The Morgan fingerprint density at radius 1 is 1.00 bits per heavy atom. The first-order valence-electron chi connectivity index (χ1n) is 10.6. The predicted octanol–water partition coefficient (Wildman–Crippen LogP) is 4.60. The van der Waals surface area contributed by atoms with Crippen molar-refractivity contribution in [1.29, 1.82) is 0 Å². The minimum Gasteiger partial charge on any atom is -0.494 e. The van der Waals surface area contributed by atoms with Gasteiger partial charge in [-0.1, -0.05) is 42.5 Å². The summed E-state index contributed by atoms with van der Waals surface area (Å²) in [7, 11) is 1.63. The molecule has 0 aliphatic heterocycles. The van der Waals surface area contributed by atoms with Crippen LogP contribution in [0.5, 0.6) is 5.75 Å². The van der Waals surface area contributed by atoms with Crippen LogP contribution in [0.3, 0.4) is 0 Å². The maximum atomic E-state index is 12.0. The Bertz CT molecular complexity index is 1490. The Morgan fingerprint density at radius 3 is 2.55 bits per heavy atom. The maximum Gasteiger partial charge on any atom is 0.249 e. The number of aromatic nitrogens is 3. The molecule has 0 saturated carbocycles. The molecule has 0 spiro atoms. The van der Waals surface area contributed by atoms with Crippen molar-refractivity contribution >= 4 is 33.5 Å². The molecule has 7 heteroatoms. The van der Waals surface area contributed by atoms with E-state index in [1.807, 2.05) is 66.1 Å². The Hall–Kier alpha value is -4.39. The van der Waals surface area contributed by atoms with Gasteiger partial charge in [-0.2, -0.15) is 4.98 Å². The number of primary amides is 1. The van der Waals surface area contributed by atoms with Crippen LogP contribution in [0.15, 0.2) is 72.8 Å². The summed E-state index contributed by atoms with van der Waals surface area (Å²) in [6.07, 6.45) is 0. The standard InChI is InChI=1S/C26H23N5O2/c1-16-14-20-18(24(27)32)10-6-12-21(20)31(16)26-29-23-19(11-7-13-22(23)33-2)25(30-26)28-15-17-8-4-3-5-9-17/h3-14H,15H2,1-2H3,(H2,27,32)(H,28,29,30). The zero-order chi connectivity index (χ0) is 22.9. The summed E-state index contributed by atoms with van der Waals surface area (Å²) >= 11 is 0. The van der Waals surface area contributed by atoms with Crippen LogP contribution in [0.25, 0.3) is 27.8 Å². The Morgan fingerprint density at radius 2 is 1.79 bits per heavy atom. The Labute approximate surface area is 190 Å². The second kappa shape index (κ2) is 8.27. The van der Waals surface area contributed by atoms with Crippen LogP contribution in [-0.4, -0.2) is 27.6 Å². The number of hydrogen-bond acceptors (Lipinski definition) is 5. The van der Waals surface area contributed by atoms with Gasteiger partial charge in [0.15, 0.2) is 0 Å². The molecule has 164 valence electrons. The van der Waals surface area contributed by atoms with Gasteiger partial charge in [-0.25, -0.2) is 4.98 Å². The highest BCUT2D eigenvalue weighted by atomic mass is 16.5. The first-order chi connectivity index (χ1) is 16.1. The summed E-state index contributed by atoms with van der Waals surface area (Å²) in [6, 6.07) is 23.3. The summed E-state index contributed by atoms with van der Waals surface area (Å²) in [5.74, 6) is 1.37. The number of carbonyl (C=O) groups excluding carboxylic acids is 1. The number of rotatable bonds is 6. The van der Waals surface area contributed by atoms with Gasteiger partial charge >= 0.3 is 0 Å². The van der Waals surface area contributed by atoms with Crippen molar-refractivity contribution < 1.29 is 9.53 Å². The SMILES string of the molecule is COc1cccc2c(NCc3ccccc3)nc(-n3c(C)cc4c(C(N)=O)cccc43)nc12. The van der Waals surface area contributed by atoms with Crippen LogP contribution in [0.2, 0.25) is 0 Å². The van der Waals surface area contributed by atoms with Gasteiger partial charge in [-0.3, -0.25) is 9.36 Å². The van der Waals surface area contributed by atoms with Gasteiger partial charge in [0.05, 0.1) is 12.6 Å². The highest BCUT2D eigenvalue weighted by Crippen LogP contribution is 2.32. The van der Waals surface area contributed by atoms with Gasteiger partial charge in [0.25, 0.3) is 0 Å². The van der Waals surface area contributed by atoms with Crippen LogP contribution < -0.4 is 15.8 Å². The van der Waals surface area contributed by atoms with Crippen molar-refractivity contribution in [3.63, 3.8) is 0 Å². The Kier molecular flexibility index (Phi) is 5.14. The van der Waals surface area contributed by atoms with Gasteiger partial charge < -0.3 is 15.8 Å². The molecular weight excluding hydrogens is 414 g/mol. The number of anilines is 1. The van der Waals surface area contributed by atoms with Crippen molar-refractivity contribution in [3.8, 4) is 11.7 Å². The molecule has 0 aliphatic carbocycles. The Balaban J connectivity index is 1.72. The predicted molar refractivity (Wildman–Crippen MR) is 130 cm³/mol. The summed E-state index contributed by atoms with van der Waals surface area (Å²) < 4.78 is 7.53. The van der Waals surface area contributed by atoms with E-state index < -0.39 is 5.91 Å². The summed E-state index contributed by atoms with van der Waals surface area (Å²) in [5.41, 5.74) is 9.62. The number of fused-ring (bicyclic) bond motifs is 2. The van der Waals surface area contributed by atoms with Crippen LogP contribution in [-0.2, 0) is 6.54 Å². The van der Waals surface area contributed by atoms with Crippen molar-refractivity contribution in [3.05, 3.63) is 89.6 Å². The molecule has 0 radical (unpaired) electrons. The van der Waals surface area contributed by atoms with Crippen LogP contribution in [0, 0.1) is 6.92 Å². The van der Waals surface area contributed by atoms with Crippen LogP contribution in [0.4, 0.5) is 5.82 Å². The van der Waals surface area contributed by atoms with Gasteiger partial charge in [-0.15, -0.1) is 0 Å². The van der Waals surface area contributed by atoms with Gasteiger partial charge in [0.1, 0.15) is 17.1 Å². The van der Waals surface area contributed by atoms with Gasteiger partial charge in [-0.05, 0) is 42.8 Å². The quantitative estimate of drug-likeness (QED) is 0.405. The molecule has 7 nitrogen and oxygen atoms in total. The number of aryl methyl sites for hydroxylation is 1. The summed E-state index contributed by atoms with van der Waals surface area (Å²) in [6.45, 7) is 2.57. The lowest BCUT2D eigenvalue weighted by molar-refractivity contribution is 0.100. The average Bonchev–Trinajstić information content (AvgIpc) is 3.18. The fourth-order valence-electron chi connectivity index (χ4n) is 4.14. The monoisotopic (exact) mass is 437 g/mol. The highest BCUT2D eigenvalue weighted by molar-refractivity contribution is 6.06. The van der Waals surface area contributed by atoms with E-state index >= 15 is 0 Å². The normalized spacial score (nSPS) is 11.1. The zero-order valence-electron chi connectivity index (χ0n) is 18.4. The molecule has 1 amide bonds. The number of nitrogens with one attached hydrogen (secondary N) is 1. The molecule has 0 unspecified atom stereocenters. The third kappa shape index (κ3) is 3.63. The summed E-state index contributed by atoms with van der Waals surface area (Å²) in [4.78, 5) is 21.7. The first kappa shape index (κ1) is 20.5. The van der Waals surface area contributed by atoms with E-state index in [0.717, 1.165) is 27.5 Å². The number of nitrogens with two attached hydrogens (primary N) is 1.